The zero-order valence-electron chi connectivity index (χ0n) is 10.4. The Morgan fingerprint density at radius 3 is 2.57 bits per heavy atom. The minimum absolute atomic E-state index is 0.136. The first kappa shape index (κ1) is 15.3. The van der Waals surface area contributed by atoms with Crippen LogP contribution in [0.3, 0.4) is 0 Å². The van der Waals surface area contributed by atoms with E-state index in [2.05, 4.69) is 19.7 Å². The maximum Gasteiger partial charge on any atom is 0.573 e. The summed E-state index contributed by atoms with van der Waals surface area (Å²) in [5.41, 5.74) is 0.466. The second-order valence-corrected chi connectivity index (χ2v) is 5.64. The number of nitrogens with zero attached hydrogens (tertiary/aromatic N) is 1. The highest BCUT2D eigenvalue weighted by Crippen LogP contribution is 2.29. The fourth-order valence-corrected chi connectivity index (χ4v) is 2.65. The lowest BCUT2D eigenvalue weighted by molar-refractivity contribution is -0.275. The van der Waals surface area contributed by atoms with Crippen molar-refractivity contribution in [3.05, 3.63) is 42.2 Å². The molecule has 0 fully saturated rings. The molecule has 0 amide bonds. The number of aromatic amines is 1. The van der Waals surface area contributed by atoms with Crippen molar-refractivity contribution in [1.82, 2.24) is 14.9 Å². The monoisotopic (exact) mass is 321 g/mol. The van der Waals surface area contributed by atoms with E-state index >= 15 is 0 Å². The molecule has 0 aliphatic heterocycles. The lowest BCUT2D eigenvalue weighted by Crippen LogP contribution is -2.25. The van der Waals surface area contributed by atoms with E-state index in [1.54, 1.807) is 0 Å². The van der Waals surface area contributed by atoms with Gasteiger partial charge >= 0.3 is 6.36 Å². The zero-order valence-corrected chi connectivity index (χ0v) is 11.2. The van der Waals surface area contributed by atoms with Crippen LogP contribution in [0.4, 0.5) is 13.2 Å². The molecule has 2 N–H and O–H groups in total. The SMILES string of the molecule is O=S(=O)(NCc1ccn[nH]1)c1ccccc1OC(F)(F)F. The highest BCUT2D eigenvalue weighted by atomic mass is 32.2. The number of hydrogen-bond acceptors (Lipinski definition) is 4. The summed E-state index contributed by atoms with van der Waals surface area (Å²) in [5.74, 6) is -0.790. The summed E-state index contributed by atoms with van der Waals surface area (Å²) in [7, 11) is -4.16. The number of H-pyrrole nitrogens is 1. The van der Waals surface area contributed by atoms with Crippen molar-refractivity contribution in [3.8, 4) is 5.75 Å². The van der Waals surface area contributed by atoms with Gasteiger partial charge in [0.25, 0.3) is 0 Å². The number of benzene rings is 1. The summed E-state index contributed by atoms with van der Waals surface area (Å²) in [6, 6.07) is 6.03. The van der Waals surface area contributed by atoms with Crippen LogP contribution >= 0.6 is 0 Å². The van der Waals surface area contributed by atoms with Crippen LogP contribution in [0.25, 0.3) is 0 Å². The number of para-hydroxylation sites is 1. The Bertz CT molecular complexity index is 699. The van der Waals surface area contributed by atoms with Crippen molar-refractivity contribution in [3.63, 3.8) is 0 Å². The highest BCUT2D eigenvalue weighted by molar-refractivity contribution is 7.89. The highest BCUT2D eigenvalue weighted by Gasteiger charge is 2.33. The van der Waals surface area contributed by atoms with E-state index < -0.39 is 27.0 Å². The molecule has 0 saturated heterocycles. The van der Waals surface area contributed by atoms with Crippen molar-refractivity contribution < 1.29 is 26.3 Å². The third-order valence-electron chi connectivity index (χ3n) is 2.38. The van der Waals surface area contributed by atoms with Crippen LogP contribution in [0.5, 0.6) is 5.75 Å². The van der Waals surface area contributed by atoms with Crippen molar-refractivity contribution in [1.29, 1.82) is 0 Å². The quantitative estimate of drug-likeness (QED) is 0.879. The Morgan fingerprint density at radius 1 is 1.24 bits per heavy atom. The molecule has 0 saturated carbocycles. The first-order chi connectivity index (χ1) is 9.78. The largest absolute Gasteiger partial charge is 0.573 e. The normalized spacial score (nSPS) is 12.3. The second-order valence-electron chi connectivity index (χ2n) is 3.90. The third-order valence-corrected chi connectivity index (χ3v) is 3.82. The van der Waals surface area contributed by atoms with Gasteiger partial charge in [-0.25, -0.2) is 13.1 Å². The lowest BCUT2D eigenvalue weighted by Gasteiger charge is -2.13. The Labute approximate surface area is 118 Å². The van der Waals surface area contributed by atoms with Crippen molar-refractivity contribution in [2.75, 3.05) is 0 Å². The molecule has 21 heavy (non-hydrogen) atoms. The van der Waals surface area contributed by atoms with Gasteiger partial charge in [0.2, 0.25) is 10.0 Å². The Balaban J connectivity index is 2.23. The molecule has 0 aliphatic carbocycles. The van der Waals surface area contributed by atoms with Gasteiger partial charge in [0, 0.05) is 6.20 Å². The van der Waals surface area contributed by atoms with Gasteiger partial charge in [-0.2, -0.15) is 5.10 Å². The number of aromatic nitrogens is 2. The Kier molecular flexibility index (Phi) is 4.19. The van der Waals surface area contributed by atoms with Gasteiger partial charge in [0.1, 0.15) is 10.6 Å². The fourth-order valence-electron chi connectivity index (χ4n) is 1.51. The van der Waals surface area contributed by atoms with Gasteiger partial charge in [0.05, 0.1) is 12.2 Å². The summed E-state index contributed by atoms with van der Waals surface area (Å²) in [4.78, 5) is -0.596. The van der Waals surface area contributed by atoms with E-state index in [1.807, 2.05) is 0 Å². The van der Waals surface area contributed by atoms with Crippen LogP contribution in [0.2, 0.25) is 0 Å². The molecule has 2 rings (SSSR count). The summed E-state index contributed by atoms with van der Waals surface area (Å²) in [6.45, 7) is -0.136. The van der Waals surface area contributed by atoms with Gasteiger partial charge in [-0.05, 0) is 18.2 Å². The van der Waals surface area contributed by atoms with Crippen LogP contribution in [-0.2, 0) is 16.6 Å². The topological polar surface area (TPSA) is 84.1 Å². The summed E-state index contributed by atoms with van der Waals surface area (Å²) in [5, 5.41) is 6.15. The molecule has 1 heterocycles. The molecule has 6 nitrogen and oxygen atoms in total. The molecular formula is C11H10F3N3O3S. The van der Waals surface area contributed by atoms with E-state index in [0.29, 0.717) is 5.69 Å². The molecule has 10 heteroatoms. The molecule has 0 atom stereocenters. The number of hydrogen-bond donors (Lipinski definition) is 2. The van der Waals surface area contributed by atoms with Crippen LogP contribution in [0, 0.1) is 0 Å². The molecule has 1 aromatic heterocycles. The second kappa shape index (κ2) is 5.74. The molecular weight excluding hydrogens is 311 g/mol. The molecule has 0 spiro atoms. The summed E-state index contributed by atoms with van der Waals surface area (Å²) >= 11 is 0. The molecule has 0 aliphatic rings. The van der Waals surface area contributed by atoms with Crippen LogP contribution < -0.4 is 9.46 Å². The van der Waals surface area contributed by atoms with Crippen molar-refractivity contribution in [2.24, 2.45) is 0 Å². The van der Waals surface area contributed by atoms with Crippen molar-refractivity contribution >= 4 is 10.0 Å². The minimum atomic E-state index is -4.98. The van der Waals surface area contributed by atoms with Gasteiger partial charge in [0.15, 0.2) is 0 Å². The maximum absolute atomic E-state index is 12.3. The number of nitrogens with one attached hydrogen (secondary N) is 2. The maximum atomic E-state index is 12.3. The number of ether oxygens (including phenoxy) is 1. The Morgan fingerprint density at radius 2 is 1.95 bits per heavy atom. The predicted molar refractivity (Wildman–Crippen MR) is 65.7 cm³/mol. The van der Waals surface area contributed by atoms with Gasteiger partial charge in [-0.1, -0.05) is 12.1 Å². The van der Waals surface area contributed by atoms with Gasteiger partial charge in [-0.3, -0.25) is 5.10 Å². The van der Waals surface area contributed by atoms with Crippen molar-refractivity contribution in [2.45, 2.75) is 17.8 Å². The van der Waals surface area contributed by atoms with E-state index in [9.17, 15) is 21.6 Å². The Hall–Kier alpha value is -2.07. The zero-order chi connectivity index (χ0) is 15.5. The smallest absolute Gasteiger partial charge is 0.404 e. The average Bonchev–Trinajstić information content (AvgIpc) is 2.88. The van der Waals surface area contributed by atoms with Crippen LogP contribution in [0.1, 0.15) is 5.69 Å². The fraction of sp³-hybridized carbons (Fsp3) is 0.182. The third kappa shape index (κ3) is 4.20. The van der Waals surface area contributed by atoms with E-state index in [1.165, 1.54) is 24.4 Å². The molecule has 0 bridgehead atoms. The van der Waals surface area contributed by atoms with Gasteiger partial charge < -0.3 is 4.74 Å². The van der Waals surface area contributed by atoms with Gasteiger partial charge in [-0.15, -0.1) is 13.2 Å². The van der Waals surface area contributed by atoms with Crippen LogP contribution in [0.15, 0.2) is 41.4 Å². The molecule has 0 radical (unpaired) electrons. The average molecular weight is 321 g/mol. The minimum Gasteiger partial charge on any atom is -0.404 e. The van der Waals surface area contributed by atoms with E-state index in [-0.39, 0.29) is 6.54 Å². The molecule has 1 aromatic carbocycles. The standard InChI is InChI=1S/C11H10F3N3O3S/c12-11(13,14)20-9-3-1-2-4-10(9)21(18,19)16-7-8-5-6-15-17-8/h1-6,16H,7H2,(H,15,17). The number of alkyl halides is 3. The molecule has 114 valence electrons. The summed E-state index contributed by atoms with van der Waals surface area (Å²) in [6.07, 6.45) is -3.56. The van der Waals surface area contributed by atoms with Crippen LogP contribution in [-0.4, -0.2) is 25.0 Å². The molecule has 2 aromatic rings. The first-order valence-corrected chi connectivity index (χ1v) is 7.09. The van der Waals surface area contributed by atoms with E-state index in [4.69, 9.17) is 0 Å². The van der Waals surface area contributed by atoms with E-state index in [0.717, 1.165) is 12.1 Å². The molecule has 0 unspecified atom stereocenters. The number of sulfonamides is 1. The first-order valence-electron chi connectivity index (χ1n) is 5.61. The summed E-state index contributed by atoms with van der Waals surface area (Å²) < 4.78 is 66.8. The predicted octanol–water partition coefficient (Wildman–Crippen LogP) is 1.79. The number of halogens is 3. The lowest BCUT2D eigenvalue weighted by atomic mass is 10.3. The number of rotatable bonds is 5.